The van der Waals surface area contributed by atoms with Crippen LogP contribution in [0.15, 0.2) is 30.3 Å². The van der Waals surface area contributed by atoms with Gasteiger partial charge in [0.25, 0.3) is 0 Å². The van der Waals surface area contributed by atoms with Crippen molar-refractivity contribution >= 4 is 18.1 Å². The highest BCUT2D eigenvalue weighted by molar-refractivity contribution is 5.90. The number of aryl methyl sites for hydroxylation is 1. The van der Waals surface area contributed by atoms with Crippen LogP contribution in [0.1, 0.15) is 10.5 Å². The summed E-state index contributed by atoms with van der Waals surface area (Å²) in [7, 11) is 1.72. The number of carbonyl (C=O) groups is 2. The van der Waals surface area contributed by atoms with E-state index in [0.29, 0.717) is 24.5 Å². The average molecular weight is 300 g/mol. The van der Waals surface area contributed by atoms with Crippen molar-refractivity contribution in [2.75, 3.05) is 18.0 Å². The van der Waals surface area contributed by atoms with Crippen LogP contribution in [0.5, 0.6) is 0 Å². The molecule has 1 atom stereocenters. The van der Waals surface area contributed by atoms with Gasteiger partial charge in [-0.25, -0.2) is 4.79 Å². The summed E-state index contributed by atoms with van der Waals surface area (Å²) in [4.78, 5) is 24.2. The zero-order chi connectivity index (χ0) is 15.7. The summed E-state index contributed by atoms with van der Waals surface area (Å²) in [6.07, 6.45) is 0.111. The van der Waals surface area contributed by atoms with Crippen LogP contribution in [-0.4, -0.2) is 41.4 Å². The molecule has 114 valence electrons. The molecule has 0 saturated carbocycles. The molecule has 2 heterocycles. The SMILES string of the molecule is Cn1nc(-c2ccc(N3CC(CN)OC3=O)cc2)cc1C=O. The standard InChI is InChI=1S/C15H16N4O3/c1-18-12(9-20)6-14(17-18)10-2-4-11(5-3-10)19-8-13(7-16)22-15(19)21/h2-6,9,13H,7-8,16H2,1H3. The first kappa shape index (κ1) is 14.3. The maximum atomic E-state index is 11.8. The average Bonchev–Trinajstić information content (AvgIpc) is 3.10. The molecule has 1 aliphatic rings. The Morgan fingerprint density at radius 1 is 1.41 bits per heavy atom. The first-order valence-corrected chi connectivity index (χ1v) is 6.90. The minimum Gasteiger partial charge on any atom is -0.443 e. The minimum absolute atomic E-state index is 0.266. The predicted molar refractivity (Wildman–Crippen MR) is 80.7 cm³/mol. The monoisotopic (exact) mass is 300 g/mol. The predicted octanol–water partition coefficient (Wildman–Crippen LogP) is 1.18. The van der Waals surface area contributed by atoms with Gasteiger partial charge in [0, 0.05) is 24.8 Å². The van der Waals surface area contributed by atoms with E-state index >= 15 is 0 Å². The molecule has 1 aromatic heterocycles. The van der Waals surface area contributed by atoms with Gasteiger partial charge in [0.2, 0.25) is 0 Å². The van der Waals surface area contributed by atoms with Crippen LogP contribution in [0, 0.1) is 0 Å². The lowest BCUT2D eigenvalue weighted by atomic mass is 10.1. The number of amides is 1. The van der Waals surface area contributed by atoms with Crippen LogP contribution in [0.25, 0.3) is 11.3 Å². The van der Waals surface area contributed by atoms with Gasteiger partial charge in [-0.2, -0.15) is 5.10 Å². The number of carbonyl (C=O) groups excluding carboxylic acids is 2. The lowest BCUT2D eigenvalue weighted by molar-refractivity contribution is 0.111. The molecule has 3 rings (SSSR count). The molecule has 22 heavy (non-hydrogen) atoms. The van der Waals surface area contributed by atoms with Crippen molar-refractivity contribution in [2.24, 2.45) is 12.8 Å². The third-order valence-corrected chi connectivity index (χ3v) is 3.65. The van der Waals surface area contributed by atoms with Crippen molar-refractivity contribution in [3.8, 4) is 11.3 Å². The van der Waals surface area contributed by atoms with Crippen LogP contribution in [0.2, 0.25) is 0 Å². The summed E-state index contributed by atoms with van der Waals surface area (Å²) in [5, 5.41) is 4.28. The molecule has 1 fully saturated rings. The van der Waals surface area contributed by atoms with Crippen molar-refractivity contribution < 1.29 is 14.3 Å². The van der Waals surface area contributed by atoms with E-state index in [1.807, 2.05) is 24.3 Å². The highest BCUT2D eigenvalue weighted by Crippen LogP contribution is 2.25. The quantitative estimate of drug-likeness (QED) is 0.856. The van der Waals surface area contributed by atoms with E-state index in [1.165, 1.54) is 4.68 Å². The highest BCUT2D eigenvalue weighted by atomic mass is 16.6. The van der Waals surface area contributed by atoms with Crippen molar-refractivity contribution in [3.63, 3.8) is 0 Å². The Labute approximate surface area is 127 Å². The summed E-state index contributed by atoms with van der Waals surface area (Å²) < 4.78 is 6.66. The van der Waals surface area contributed by atoms with Gasteiger partial charge in [0.05, 0.1) is 12.2 Å². The van der Waals surface area contributed by atoms with Crippen molar-refractivity contribution in [1.82, 2.24) is 9.78 Å². The van der Waals surface area contributed by atoms with E-state index in [0.717, 1.165) is 17.5 Å². The topological polar surface area (TPSA) is 90.4 Å². The van der Waals surface area contributed by atoms with Crippen molar-refractivity contribution in [3.05, 3.63) is 36.0 Å². The number of hydrogen-bond donors (Lipinski definition) is 1. The Hall–Kier alpha value is -2.67. The maximum Gasteiger partial charge on any atom is 0.414 e. The van der Waals surface area contributed by atoms with Gasteiger partial charge >= 0.3 is 6.09 Å². The molecule has 1 amide bonds. The maximum absolute atomic E-state index is 11.8. The van der Waals surface area contributed by atoms with Crippen LogP contribution in [0.3, 0.4) is 0 Å². The van der Waals surface area contributed by atoms with Gasteiger partial charge in [-0.15, -0.1) is 0 Å². The summed E-state index contributed by atoms with van der Waals surface area (Å²) in [6, 6.07) is 9.08. The fourth-order valence-corrected chi connectivity index (χ4v) is 2.40. The summed E-state index contributed by atoms with van der Waals surface area (Å²) >= 11 is 0. The molecular weight excluding hydrogens is 284 g/mol. The van der Waals surface area contributed by atoms with Crippen LogP contribution in [-0.2, 0) is 11.8 Å². The van der Waals surface area contributed by atoms with Gasteiger partial charge in [-0.1, -0.05) is 12.1 Å². The number of anilines is 1. The molecule has 2 aromatic rings. The van der Waals surface area contributed by atoms with Gasteiger partial charge in [0.1, 0.15) is 11.8 Å². The number of benzene rings is 1. The zero-order valence-corrected chi connectivity index (χ0v) is 12.1. The van der Waals surface area contributed by atoms with E-state index in [1.54, 1.807) is 18.0 Å². The zero-order valence-electron chi connectivity index (χ0n) is 12.1. The van der Waals surface area contributed by atoms with Gasteiger partial charge in [-0.3, -0.25) is 14.4 Å². The summed E-state index contributed by atoms with van der Waals surface area (Å²) in [5.74, 6) is 0. The van der Waals surface area contributed by atoms with Crippen molar-refractivity contribution in [1.29, 1.82) is 0 Å². The molecule has 0 aliphatic carbocycles. The second-order valence-corrected chi connectivity index (χ2v) is 5.09. The van der Waals surface area contributed by atoms with Crippen molar-refractivity contribution in [2.45, 2.75) is 6.10 Å². The number of nitrogens with two attached hydrogens (primary N) is 1. The Morgan fingerprint density at radius 3 is 2.68 bits per heavy atom. The second-order valence-electron chi connectivity index (χ2n) is 5.09. The van der Waals surface area contributed by atoms with Gasteiger partial charge < -0.3 is 10.5 Å². The lowest BCUT2D eigenvalue weighted by Gasteiger charge is -2.13. The Bertz CT molecular complexity index is 708. The molecule has 1 aliphatic heterocycles. The highest BCUT2D eigenvalue weighted by Gasteiger charge is 2.31. The first-order valence-electron chi connectivity index (χ1n) is 6.90. The van der Waals surface area contributed by atoms with E-state index in [2.05, 4.69) is 5.10 Å². The number of hydrogen-bond acceptors (Lipinski definition) is 5. The molecule has 1 aromatic carbocycles. The fraction of sp³-hybridized carbons (Fsp3) is 0.267. The largest absolute Gasteiger partial charge is 0.443 e. The van der Waals surface area contributed by atoms with Gasteiger partial charge in [-0.05, 0) is 18.2 Å². The summed E-state index contributed by atoms with van der Waals surface area (Å²) in [5.41, 5.74) is 8.36. The Balaban J connectivity index is 1.83. The first-order chi connectivity index (χ1) is 10.6. The van der Waals surface area contributed by atoms with E-state index in [-0.39, 0.29) is 12.2 Å². The Kier molecular flexibility index (Phi) is 3.64. The van der Waals surface area contributed by atoms with Crippen LogP contribution >= 0.6 is 0 Å². The number of cyclic esters (lactones) is 1. The van der Waals surface area contributed by atoms with Crippen LogP contribution < -0.4 is 10.6 Å². The second kappa shape index (κ2) is 5.61. The third-order valence-electron chi connectivity index (χ3n) is 3.65. The van der Waals surface area contributed by atoms with E-state index < -0.39 is 0 Å². The molecular formula is C15H16N4O3. The van der Waals surface area contributed by atoms with Crippen LogP contribution in [0.4, 0.5) is 10.5 Å². The molecule has 1 saturated heterocycles. The number of aromatic nitrogens is 2. The smallest absolute Gasteiger partial charge is 0.414 e. The molecule has 0 bridgehead atoms. The van der Waals surface area contributed by atoms with E-state index in [4.69, 9.17) is 10.5 Å². The molecule has 0 spiro atoms. The minimum atomic E-state index is -0.385. The number of ether oxygens (including phenoxy) is 1. The fourth-order valence-electron chi connectivity index (χ4n) is 2.40. The molecule has 0 radical (unpaired) electrons. The third kappa shape index (κ3) is 2.46. The van der Waals surface area contributed by atoms with Gasteiger partial charge in [0.15, 0.2) is 6.29 Å². The number of aldehydes is 1. The number of rotatable bonds is 4. The number of nitrogens with zero attached hydrogens (tertiary/aromatic N) is 3. The summed E-state index contributed by atoms with van der Waals surface area (Å²) in [6.45, 7) is 0.760. The molecule has 7 heteroatoms. The molecule has 2 N–H and O–H groups in total. The Morgan fingerprint density at radius 2 is 2.14 bits per heavy atom. The molecule has 1 unspecified atom stereocenters. The molecule has 7 nitrogen and oxygen atoms in total. The lowest BCUT2D eigenvalue weighted by Crippen LogP contribution is -2.27. The normalized spacial score (nSPS) is 17.6. The van der Waals surface area contributed by atoms with E-state index in [9.17, 15) is 9.59 Å².